The minimum absolute atomic E-state index is 0. The van der Waals surface area contributed by atoms with Crippen LogP contribution in [0.2, 0.25) is 0 Å². The Kier molecular flexibility index (Phi) is 7.43. The van der Waals surface area contributed by atoms with Gasteiger partial charge in [0.2, 0.25) is 5.91 Å². The van der Waals surface area contributed by atoms with Gasteiger partial charge in [-0.1, -0.05) is 35.3 Å². The third-order valence-corrected chi connectivity index (χ3v) is 3.23. The van der Waals surface area contributed by atoms with Gasteiger partial charge in [-0.3, -0.25) is 4.79 Å². The Morgan fingerprint density at radius 3 is 2.71 bits per heavy atom. The molecule has 0 aliphatic heterocycles. The molecule has 1 amide bonds. The zero-order valence-electron chi connectivity index (χ0n) is 10.00. The fourth-order valence-corrected chi connectivity index (χ4v) is 1.73. The van der Waals surface area contributed by atoms with E-state index in [1.54, 1.807) is 0 Å². The molecule has 0 heterocycles. The number of nitrogens with one attached hydrogen (secondary N) is 1. The lowest BCUT2D eigenvalue weighted by Gasteiger charge is -2.11. The number of hydrogen-bond acceptors (Lipinski definition) is 2. The van der Waals surface area contributed by atoms with Gasteiger partial charge < -0.3 is 11.1 Å². The Morgan fingerprint density at radius 2 is 2.18 bits per heavy atom. The number of halogens is 2. The largest absolute Gasteiger partial charge is 0.325 e. The summed E-state index contributed by atoms with van der Waals surface area (Å²) in [6.07, 6.45) is 1.62. The van der Waals surface area contributed by atoms with Gasteiger partial charge in [0.1, 0.15) is 0 Å². The summed E-state index contributed by atoms with van der Waals surface area (Å²) in [5.74, 6) is -0.127. The molecule has 1 atom stereocenters. The molecular formula is C12H18BrClN2O. The summed E-state index contributed by atoms with van der Waals surface area (Å²) in [4.78, 5) is 11.6. The van der Waals surface area contributed by atoms with Crippen molar-refractivity contribution in [3.05, 3.63) is 28.2 Å². The van der Waals surface area contributed by atoms with E-state index >= 15 is 0 Å². The fraction of sp³-hybridized carbons (Fsp3) is 0.417. The van der Waals surface area contributed by atoms with Crippen LogP contribution in [0.15, 0.2) is 22.7 Å². The molecule has 5 heteroatoms. The number of hydrogen-bond donors (Lipinski definition) is 2. The number of rotatable bonds is 4. The van der Waals surface area contributed by atoms with Crippen molar-refractivity contribution in [1.29, 1.82) is 0 Å². The molecule has 17 heavy (non-hydrogen) atoms. The molecule has 0 saturated carbocycles. The summed E-state index contributed by atoms with van der Waals surface area (Å²) in [6.45, 7) is 4.01. The van der Waals surface area contributed by atoms with Crippen molar-refractivity contribution >= 4 is 39.9 Å². The second kappa shape index (κ2) is 7.69. The number of aryl methyl sites for hydroxylation is 1. The summed E-state index contributed by atoms with van der Waals surface area (Å²) in [5.41, 5.74) is 7.63. The van der Waals surface area contributed by atoms with Crippen molar-refractivity contribution in [2.45, 2.75) is 32.7 Å². The maximum atomic E-state index is 11.6. The summed E-state index contributed by atoms with van der Waals surface area (Å²) in [6, 6.07) is 5.28. The minimum Gasteiger partial charge on any atom is -0.325 e. The molecule has 0 aromatic heterocycles. The van der Waals surface area contributed by atoms with Crippen LogP contribution in [0.1, 0.15) is 25.3 Å². The lowest BCUT2D eigenvalue weighted by molar-refractivity contribution is -0.117. The average Bonchev–Trinajstić information content (AvgIpc) is 2.24. The molecular weight excluding hydrogens is 304 g/mol. The first-order valence-electron chi connectivity index (χ1n) is 5.37. The average molecular weight is 322 g/mol. The molecule has 1 aromatic rings. The SMILES string of the molecule is CCCC(N)C(=O)Nc1ccc(C)c(Br)c1.Cl. The normalized spacial score (nSPS) is 11.5. The van der Waals surface area contributed by atoms with Crippen LogP contribution in [0.5, 0.6) is 0 Å². The van der Waals surface area contributed by atoms with Gasteiger partial charge in [0.05, 0.1) is 6.04 Å². The number of carbonyl (C=O) groups excluding carboxylic acids is 1. The molecule has 96 valence electrons. The highest BCUT2D eigenvalue weighted by molar-refractivity contribution is 9.10. The Hall–Kier alpha value is -0.580. The lowest BCUT2D eigenvalue weighted by Crippen LogP contribution is -2.35. The van der Waals surface area contributed by atoms with Crippen LogP contribution in [-0.4, -0.2) is 11.9 Å². The minimum atomic E-state index is -0.426. The quantitative estimate of drug-likeness (QED) is 0.894. The zero-order chi connectivity index (χ0) is 12.1. The predicted molar refractivity (Wildman–Crippen MR) is 77.6 cm³/mol. The van der Waals surface area contributed by atoms with Crippen molar-refractivity contribution in [3.63, 3.8) is 0 Å². The van der Waals surface area contributed by atoms with Crippen LogP contribution >= 0.6 is 28.3 Å². The van der Waals surface area contributed by atoms with Gasteiger partial charge in [0.25, 0.3) is 0 Å². The first kappa shape index (κ1) is 16.4. The number of carbonyl (C=O) groups is 1. The highest BCUT2D eigenvalue weighted by Gasteiger charge is 2.12. The van der Waals surface area contributed by atoms with Gasteiger partial charge in [-0.25, -0.2) is 0 Å². The molecule has 1 unspecified atom stereocenters. The van der Waals surface area contributed by atoms with E-state index in [2.05, 4.69) is 21.2 Å². The van der Waals surface area contributed by atoms with E-state index in [0.29, 0.717) is 6.42 Å². The Balaban J connectivity index is 0.00000256. The lowest BCUT2D eigenvalue weighted by atomic mass is 10.1. The third-order valence-electron chi connectivity index (χ3n) is 2.38. The predicted octanol–water partition coefficient (Wildman–Crippen LogP) is 3.25. The first-order valence-corrected chi connectivity index (χ1v) is 6.16. The summed E-state index contributed by atoms with van der Waals surface area (Å²) in [5, 5.41) is 2.80. The van der Waals surface area contributed by atoms with E-state index in [4.69, 9.17) is 5.73 Å². The van der Waals surface area contributed by atoms with Gasteiger partial charge in [-0.2, -0.15) is 0 Å². The van der Waals surface area contributed by atoms with Crippen molar-refractivity contribution in [3.8, 4) is 0 Å². The van der Waals surface area contributed by atoms with Crippen LogP contribution < -0.4 is 11.1 Å². The van der Waals surface area contributed by atoms with Gasteiger partial charge in [-0.15, -0.1) is 12.4 Å². The Bertz CT molecular complexity index is 385. The number of anilines is 1. The van der Waals surface area contributed by atoms with Crippen molar-refractivity contribution in [2.75, 3.05) is 5.32 Å². The van der Waals surface area contributed by atoms with Crippen LogP contribution in [0.25, 0.3) is 0 Å². The van der Waals surface area contributed by atoms with Crippen LogP contribution in [0, 0.1) is 6.92 Å². The van der Waals surface area contributed by atoms with Crippen molar-refractivity contribution in [2.24, 2.45) is 5.73 Å². The standard InChI is InChI=1S/C12H17BrN2O.ClH/c1-3-4-11(14)12(16)15-9-6-5-8(2)10(13)7-9;/h5-7,11H,3-4,14H2,1-2H3,(H,15,16);1H. The van der Waals surface area contributed by atoms with Gasteiger partial charge in [0.15, 0.2) is 0 Å². The summed E-state index contributed by atoms with van der Waals surface area (Å²) < 4.78 is 0.981. The smallest absolute Gasteiger partial charge is 0.241 e. The summed E-state index contributed by atoms with van der Waals surface area (Å²) >= 11 is 3.42. The number of benzene rings is 1. The van der Waals surface area contributed by atoms with E-state index < -0.39 is 6.04 Å². The van der Waals surface area contributed by atoms with Crippen LogP contribution in [0.3, 0.4) is 0 Å². The van der Waals surface area contributed by atoms with E-state index in [1.807, 2.05) is 32.0 Å². The molecule has 0 aliphatic rings. The molecule has 0 spiro atoms. The third kappa shape index (κ3) is 5.06. The molecule has 0 saturated heterocycles. The molecule has 0 fully saturated rings. The van der Waals surface area contributed by atoms with Gasteiger partial charge in [0, 0.05) is 10.2 Å². The van der Waals surface area contributed by atoms with E-state index in [0.717, 1.165) is 22.1 Å². The first-order chi connectivity index (χ1) is 7.54. The van der Waals surface area contributed by atoms with E-state index in [-0.39, 0.29) is 18.3 Å². The summed E-state index contributed by atoms with van der Waals surface area (Å²) in [7, 11) is 0. The molecule has 0 aliphatic carbocycles. The highest BCUT2D eigenvalue weighted by atomic mass is 79.9. The van der Waals surface area contributed by atoms with E-state index in [1.165, 1.54) is 0 Å². The Labute approximate surface area is 117 Å². The Morgan fingerprint density at radius 1 is 1.53 bits per heavy atom. The maximum absolute atomic E-state index is 11.6. The molecule has 0 bridgehead atoms. The molecule has 3 N–H and O–H groups in total. The highest BCUT2D eigenvalue weighted by Crippen LogP contribution is 2.20. The van der Waals surface area contributed by atoms with Gasteiger partial charge in [-0.05, 0) is 31.0 Å². The number of nitrogens with two attached hydrogens (primary N) is 1. The van der Waals surface area contributed by atoms with Crippen molar-refractivity contribution in [1.82, 2.24) is 0 Å². The topological polar surface area (TPSA) is 55.1 Å². The molecule has 3 nitrogen and oxygen atoms in total. The van der Waals surface area contributed by atoms with Crippen LogP contribution in [0.4, 0.5) is 5.69 Å². The molecule has 1 aromatic carbocycles. The second-order valence-electron chi connectivity index (χ2n) is 3.85. The second-order valence-corrected chi connectivity index (χ2v) is 4.70. The van der Waals surface area contributed by atoms with Crippen molar-refractivity contribution < 1.29 is 4.79 Å². The molecule has 1 rings (SSSR count). The zero-order valence-corrected chi connectivity index (χ0v) is 12.4. The van der Waals surface area contributed by atoms with Gasteiger partial charge >= 0.3 is 0 Å². The fourth-order valence-electron chi connectivity index (χ4n) is 1.35. The molecule has 0 radical (unpaired) electrons. The monoisotopic (exact) mass is 320 g/mol. The van der Waals surface area contributed by atoms with Crippen LogP contribution in [-0.2, 0) is 4.79 Å². The number of amides is 1. The maximum Gasteiger partial charge on any atom is 0.241 e. The van der Waals surface area contributed by atoms with E-state index in [9.17, 15) is 4.79 Å².